The summed E-state index contributed by atoms with van der Waals surface area (Å²) in [4.78, 5) is 23.9. The summed E-state index contributed by atoms with van der Waals surface area (Å²) >= 11 is 1.26. The highest BCUT2D eigenvalue weighted by Gasteiger charge is 2.04. The van der Waals surface area contributed by atoms with Crippen molar-refractivity contribution in [3.63, 3.8) is 0 Å². The van der Waals surface area contributed by atoms with Gasteiger partial charge in [0.05, 0.1) is 6.61 Å². The number of fused-ring (bicyclic) bond motifs is 1. The number of nitrogens with zero attached hydrogens (tertiary/aromatic N) is 4. The van der Waals surface area contributed by atoms with Crippen LogP contribution in [0, 0.1) is 13.8 Å². The molecule has 0 aromatic carbocycles. The van der Waals surface area contributed by atoms with E-state index in [0.29, 0.717) is 11.4 Å². The maximum Gasteiger partial charge on any atom is 0.436 e. The molecule has 2 aromatic rings. The molecule has 2 rings (SSSR count). The van der Waals surface area contributed by atoms with Crippen LogP contribution in [0.15, 0.2) is 11.1 Å². The molecule has 0 N–H and O–H groups in total. The van der Waals surface area contributed by atoms with Gasteiger partial charge in [-0.1, -0.05) is 0 Å². The molecule has 0 atom stereocenters. The summed E-state index contributed by atoms with van der Waals surface area (Å²) in [6.07, 6.45) is -0.616. The lowest BCUT2D eigenvalue weighted by molar-refractivity contribution is 0.162. The number of carbonyl (C=O) groups is 1. The number of rotatable bonds is 1. The van der Waals surface area contributed by atoms with Crippen molar-refractivity contribution in [3.05, 3.63) is 22.4 Å². The number of aryl methyl sites for hydroxylation is 2. The van der Waals surface area contributed by atoms with Crippen LogP contribution in [-0.4, -0.2) is 26.5 Å². The SMILES string of the molecule is CCOC(=O)/N=c1/nc2cc(C)nc(C)n2s1. The van der Waals surface area contributed by atoms with Crippen LogP contribution in [0.25, 0.3) is 5.65 Å². The van der Waals surface area contributed by atoms with Crippen molar-refractivity contribution >= 4 is 23.3 Å². The first-order valence-corrected chi connectivity index (χ1v) is 5.93. The zero-order valence-electron chi connectivity index (χ0n) is 9.80. The predicted molar refractivity (Wildman–Crippen MR) is 62.9 cm³/mol. The summed E-state index contributed by atoms with van der Waals surface area (Å²) < 4.78 is 6.56. The standard InChI is InChI=1S/C10H12N4O2S/c1-4-16-10(15)13-9-12-8-5-6(2)11-7(3)14(8)17-9/h5H,4H2,1-3H3/b13-9-. The molecule has 0 radical (unpaired) electrons. The van der Waals surface area contributed by atoms with Gasteiger partial charge in [0.25, 0.3) is 0 Å². The Balaban J connectivity index is 2.51. The molecule has 6 nitrogen and oxygen atoms in total. The van der Waals surface area contributed by atoms with Crippen molar-refractivity contribution in [2.24, 2.45) is 4.99 Å². The molecule has 0 aliphatic carbocycles. The average Bonchev–Trinajstić information content (AvgIpc) is 2.60. The van der Waals surface area contributed by atoms with E-state index in [1.54, 1.807) is 6.92 Å². The minimum atomic E-state index is -0.616. The first-order valence-electron chi connectivity index (χ1n) is 5.16. The number of carbonyl (C=O) groups excluding carboxylic acids is 1. The second kappa shape index (κ2) is 4.62. The van der Waals surface area contributed by atoms with Gasteiger partial charge in [-0.25, -0.2) is 13.6 Å². The van der Waals surface area contributed by atoms with E-state index in [2.05, 4.69) is 15.0 Å². The van der Waals surface area contributed by atoms with Gasteiger partial charge >= 0.3 is 6.09 Å². The lowest BCUT2D eigenvalue weighted by Crippen LogP contribution is -2.06. The summed E-state index contributed by atoms with van der Waals surface area (Å²) in [5.41, 5.74) is 1.62. The molecule has 0 unspecified atom stereocenters. The molecule has 0 saturated carbocycles. The second-order valence-electron chi connectivity index (χ2n) is 3.39. The zero-order chi connectivity index (χ0) is 12.4. The lowest BCUT2D eigenvalue weighted by atomic mass is 10.4. The van der Waals surface area contributed by atoms with Crippen molar-refractivity contribution in [2.75, 3.05) is 6.61 Å². The molecule has 2 heterocycles. The fraction of sp³-hybridized carbons (Fsp3) is 0.400. The Morgan fingerprint density at radius 1 is 1.53 bits per heavy atom. The van der Waals surface area contributed by atoms with E-state index in [1.807, 2.05) is 23.7 Å². The van der Waals surface area contributed by atoms with E-state index in [-0.39, 0.29) is 0 Å². The van der Waals surface area contributed by atoms with Crippen molar-refractivity contribution in [2.45, 2.75) is 20.8 Å². The maximum atomic E-state index is 11.2. The molecule has 90 valence electrons. The van der Waals surface area contributed by atoms with Crippen molar-refractivity contribution in [1.29, 1.82) is 0 Å². The highest BCUT2D eigenvalue weighted by molar-refractivity contribution is 7.03. The Bertz CT molecular complexity index is 629. The third-order valence-electron chi connectivity index (χ3n) is 2.02. The van der Waals surface area contributed by atoms with Crippen LogP contribution in [0.4, 0.5) is 4.79 Å². The van der Waals surface area contributed by atoms with E-state index < -0.39 is 6.09 Å². The number of aromatic nitrogens is 3. The highest BCUT2D eigenvalue weighted by atomic mass is 32.1. The number of amides is 1. The molecule has 0 fully saturated rings. The van der Waals surface area contributed by atoms with Crippen LogP contribution in [0.1, 0.15) is 18.4 Å². The summed E-state index contributed by atoms with van der Waals surface area (Å²) in [7, 11) is 0. The molecular weight excluding hydrogens is 240 g/mol. The fourth-order valence-corrected chi connectivity index (χ4v) is 2.19. The van der Waals surface area contributed by atoms with Gasteiger partial charge < -0.3 is 4.74 Å². The van der Waals surface area contributed by atoms with Crippen molar-refractivity contribution in [3.8, 4) is 0 Å². The van der Waals surface area contributed by atoms with E-state index in [1.165, 1.54) is 11.5 Å². The van der Waals surface area contributed by atoms with Crippen LogP contribution in [-0.2, 0) is 4.74 Å². The summed E-state index contributed by atoms with van der Waals surface area (Å²) in [5, 5.41) is 0. The Labute approximate surface area is 102 Å². The molecule has 2 aromatic heterocycles. The monoisotopic (exact) mass is 252 g/mol. The minimum absolute atomic E-state index is 0.306. The molecule has 0 spiro atoms. The summed E-state index contributed by atoms with van der Waals surface area (Å²) in [6.45, 7) is 5.82. The van der Waals surface area contributed by atoms with Gasteiger partial charge in [-0.3, -0.25) is 0 Å². The van der Waals surface area contributed by atoms with Crippen LogP contribution < -0.4 is 4.80 Å². The number of hydrogen-bond donors (Lipinski definition) is 0. The second-order valence-corrected chi connectivity index (χ2v) is 4.31. The first-order chi connectivity index (χ1) is 8.10. The quantitative estimate of drug-likeness (QED) is 0.770. The molecule has 0 aliphatic rings. The average molecular weight is 252 g/mol. The first kappa shape index (κ1) is 11.7. The van der Waals surface area contributed by atoms with E-state index in [9.17, 15) is 4.79 Å². The highest BCUT2D eigenvalue weighted by Crippen LogP contribution is 2.06. The van der Waals surface area contributed by atoms with Gasteiger partial charge in [-0.2, -0.15) is 4.98 Å². The van der Waals surface area contributed by atoms with Crippen molar-refractivity contribution < 1.29 is 9.53 Å². The van der Waals surface area contributed by atoms with Gasteiger partial charge in [-0.15, -0.1) is 4.99 Å². The van der Waals surface area contributed by atoms with Gasteiger partial charge in [0.2, 0.25) is 4.80 Å². The van der Waals surface area contributed by atoms with Gasteiger partial charge in [0.15, 0.2) is 5.65 Å². The third kappa shape index (κ3) is 2.50. The number of ether oxygens (including phenoxy) is 1. The minimum Gasteiger partial charge on any atom is -0.448 e. The largest absolute Gasteiger partial charge is 0.448 e. The smallest absolute Gasteiger partial charge is 0.436 e. The predicted octanol–water partition coefficient (Wildman–Crippen LogP) is 1.46. The van der Waals surface area contributed by atoms with Gasteiger partial charge in [0.1, 0.15) is 5.82 Å². The Hall–Kier alpha value is -1.76. The van der Waals surface area contributed by atoms with E-state index in [0.717, 1.165) is 17.2 Å². The van der Waals surface area contributed by atoms with Crippen LogP contribution in [0.2, 0.25) is 0 Å². The number of hydrogen-bond acceptors (Lipinski definition) is 5. The normalized spacial score (nSPS) is 12.1. The molecule has 7 heteroatoms. The molecule has 17 heavy (non-hydrogen) atoms. The molecule has 0 bridgehead atoms. The fourth-order valence-electron chi connectivity index (χ4n) is 1.41. The van der Waals surface area contributed by atoms with Crippen LogP contribution >= 0.6 is 11.5 Å². The Morgan fingerprint density at radius 2 is 2.29 bits per heavy atom. The van der Waals surface area contributed by atoms with E-state index >= 15 is 0 Å². The molecular formula is C10H12N4O2S. The Morgan fingerprint density at radius 3 is 3.00 bits per heavy atom. The molecule has 1 amide bonds. The lowest BCUT2D eigenvalue weighted by Gasteiger charge is -1.97. The molecule has 0 aliphatic heterocycles. The summed E-state index contributed by atoms with van der Waals surface area (Å²) in [5.74, 6) is 0.822. The zero-order valence-corrected chi connectivity index (χ0v) is 10.6. The van der Waals surface area contributed by atoms with Crippen LogP contribution in [0.5, 0.6) is 0 Å². The third-order valence-corrected chi connectivity index (χ3v) is 3.00. The molecule has 0 saturated heterocycles. The van der Waals surface area contributed by atoms with E-state index in [4.69, 9.17) is 4.74 Å². The Kier molecular flexibility index (Phi) is 3.19. The van der Waals surface area contributed by atoms with Gasteiger partial charge in [0, 0.05) is 11.8 Å². The maximum absolute atomic E-state index is 11.2. The van der Waals surface area contributed by atoms with Crippen molar-refractivity contribution in [1.82, 2.24) is 13.8 Å². The topological polar surface area (TPSA) is 68.8 Å². The summed E-state index contributed by atoms with van der Waals surface area (Å²) in [6, 6.07) is 1.84. The van der Waals surface area contributed by atoms with Crippen LogP contribution in [0.3, 0.4) is 0 Å². The van der Waals surface area contributed by atoms with Gasteiger partial charge in [-0.05, 0) is 32.3 Å².